The predicted molar refractivity (Wildman–Crippen MR) is 115 cm³/mol. The molecule has 0 aliphatic heterocycles. The van der Waals surface area contributed by atoms with E-state index >= 15 is 0 Å². The third-order valence-corrected chi connectivity index (χ3v) is 5.09. The zero-order valence-electron chi connectivity index (χ0n) is 15.8. The Kier molecular flexibility index (Phi) is 6.36. The van der Waals surface area contributed by atoms with Gasteiger partial charge in [-0.1, -0.05) is 42.4 Å². The molecule has 27 heavy (non-hydrogen) atoms. The Morgan fingerprint density at radius 2 is 2.04 bits per heavy atom. The fourth-order valence-corrected chi connectivity index (χ4v) is 3.58. The van der Waals surface area contributed by atoms with Gasteiger partial charge in [-0.15, -0.1) is 0 Å². The molecule has 3 nitrogen and oxygen atoms in total. The SMILES string of the molecule is C=C(/N=C\C=C(/C)c1cc(Cl)ccc1OC)NC1CCc2ccccc2C1. The van der Waals surface area contributed by atoms with Gasteiger partial charge in [-0.25, -0.2) is 4.99 Å². The second-order valence-corrected chi connectivity index (χ2v) is 7.21. The van der Waals surface area contributed by atoms with Gasteiger partial charge in [-0.3, -0.25) is 0 Å². The van der Waals surface area contributed by atoms with E-state index in [1.165, 1.54) is 11.1 Å². The third-order valence-electron chi connectivity index (χ3n) is 4.86. The lowest BCUT2D eigenvalue weighted by Gasteiger charge is -2.26. The van der Waals surface area contributed by atoms with E-state index in [1.807, 2.05) is 31.2 Å². The molecule has 0 bridgehead atoms. The second kappa shape index (κ2) is 8.92. The van der Waals surface area contributed by atoms with Crippen molar-refractivity contribution >= 4 is 23.4 Å². The average molecular weight is 381 g/mol. The molecule has 0 amide bonds. The molecular formula is C23H25ClN2O. The molecule has 0 saturated heterocycles. The number of methoxy groups -OCH3 is 1. The molecule has 3 rings (SSSR count). The number of hydrogen-bond acceptors (Lipinski definition) is 3. The van der Waals surface area contributed by atoms with Crippen molar-refractivity contribution in [1.29, 1.82) is 0 Å². The fourth-order valence-electron chi connectivity index (χ4n) is 3.41. The highest BCUT2D eigenvalue weighted by atomic mass is 35.5. The monoisotopic (exact) mass is 380 g/mol. The molecule has 1 aliphatic rings. The molecule has 0 aromatic heterocycles. The van der Waals surface area contributed by atoms with Gasteiger partial charge in [0.15, 0.2) is 0 Å². The summed E-state index contributed by atoms with van der Waals surface area (Å²) in [5.41, 5.74) is 4.86. The minimum absolute atomic E-state index is 0.377. The smallest absolute Gasteiger partial charge is 0.126 e. The van der Waals surface area contributed by atoms with Crippen molar-refractivity contribution in [1.82, 2.24) is 5.32 Å². The van der Waals surface area contributed by atoms with Crippen molar-refractivity contribution in [3.05, 3.63) is 82.7 Å². The first-order chi connectivity index (χ1) is 13.1. The Balaban J connectivity index is 1.60. The van der Waals surface area contributed by atoms with Gasteiger partial charge in [0.1, 0.15) is 11.6 Å². The number of fused-ring (bicyclic) bond motifs is 1. The first-order valence-corrected chi connectivity index (χ1v) is 9.51. The maximum absolute atomic E-state index is 6.11. The van der Waals surface area contributed by atoms with Crippen molar-refractivity contribution in [2.45, 2.75) is 32.2 Å². The van der Waals surface area contributed by atoms with Crippen LogP contribution in [-0.2, 0) is 12.8 Å². The first-order valence-electron chi connectivity index (χ1n) is 9.14. The van der Waals surface area contributed by atoms with Gasteiger partial charge in [0.05, 0.1) is 7.11 Å². The van der Waals surface area contributed by atoms with Gasteiger partial charge in [0, 0.05) is 22.8 Å². The predicted octanol–water partition coefficient (Wildman–Crippen LogP) is 5.44. The van der Waals surface area contributed by atoms with Gasteiger partial charge in [-0.05, 0) is 67.2 Å². The van der Waals surface area contributed by atoms with Crippen molar-refractivity contribution < 1.29 is 4.74 Å². The fraction of sp³-hybridized carbons (Fsp3) is 0.261. The van der Waals surface area contributed by atoms with Crippen LogP contribution in [-0.4, -0.2) is 19.4 Å². The number of rotatable bonds is 6. The summed E-state index contributed by atoms with van der Waals surface area (Å²) in [5.74, 6) is 1.47. The normalized spacial score (nSPS) is 16.9. The molecule has 0 heterocycles. The van der Waals surface area contributed by atoms with E-state index in [-0.39, 0.29) is 0 Å². The van der Waals surface area contributed by atoms with Crippen LogP contribution < -0.4 is 10.1 Å². The van der Waals surface area contributed by atoms with Crippen LogP contribution in [0.1, 0.15) is 30.0 Å². The maximum Gasteiger partial charge on any atom is 0.126 e. The second-order valence-electron chi connectivity index (χ2n) is 6.77. The average Bonchev–Trinajstić information content (AvgIpc) is 2.67. The number of nitrogens with zero attached hydrogens (tertiary/aromatic N) is 1. The van der Waals surface area contributed by atoms with Crippen LogP contribution in [0.5, 0.6) is 5.75 Å². The number of hydrogen-bond donors (Lipinski definition) is 1. The van der Waals surface area contributed by atoms with Crippen LogP contribution in [0.2, 0.25) is 5.02 Å². The number of nitrogens with one attached hydrogen (secondary N) is 1. The van der Waals surface area contributed by atoms with E-state index in [2.05, 4.69) is 41.2 Å². The molecular weight excluding hydrogens is 356 g/mol. The largest absolute Gasteiger partial charge is 0.496 e. The molecule has 1 unspecified atom stereocenters. The molecule has 0 saturated carbocycles. The van der Waals surface area contributed by atoms with E-state index in [1.54, 1.807) is 13.3 Å². The van der Waals surface area contributed by atoms with Crippen LogP contribution in [0.4, 0.5) is 0 Å². The minimum atomic E-state index is 0.377. The van der Waals surface area contributed by atoms with Crippen LogP contribution in [0.3, 0.4) is 0 Å². The molecule has 1 aliphatic carbocycles. The molecule has 4 heteroatoms. The zero-order valence-corrected chi connectivity index (χ0v) is 16.6. The van der Waals surface area contributed by atoms with Gasteiger partial charge in [0.2, 0.25) is 0 Å². The first kappa shape index (κ1) is 19.2. The van der Waals surface area contributed by atoms with Gasteiger partial charge in [0.25, 0.3) is 0 Å². The molecule has 0 radical (unpaired) electrons. The summed E-state index contributed by atoms with van der Waals surface area (Å²) in [7, 11) is 1.65. The summed E-state index contributed by atoms with van der Waals surface area (Å²) in [5, 5.41) is 4.12. The summed E-state index contributed by atoms with van der Waals surface area (Å²) >= 11 is 6.11. The molecule has 2 aromatic rings. The lowest BCUT2D eigenvalue weighted by atomic mass is 9.88. The molecule has 0 spiro atoms. The number of aryl methyl sites for hydroxylation is 1. The Labute approximate surface area is 166 Å². The Morgan fingerprint density at radius 1 is 1.26 bits per heavy atom. The van der Waals surface area contributed by atoms with E-state index in [0.29, 0.717) is 16.9 Å². The summed E-state index contributed by atoms with van der Waals surface area (Å²) < 4.78 is 5.40. The summed E-state index contributed by atoms with van der Waals surface area (Å²) in [6.45, 7) is 6.05. The lowest BCUT2D eigenvalue weighted by molar-refractivity contribution is 0.413. The molecule has 1 N–H and O–H groups in total. The number of benzene rings is 2. The Morgan fingerprint density at radius 3 is 2.81 bits per heavy atom. The van der Waals surface area contributed by atoms with Crippen LogP contribution >= 0.6 is 11.6 Å². The Bertz CT molecular complexity index is 886. The van der Waals surface area contributed by atoms with E-state index in [4.69, 9.17) is 16.3 Å². The quantitative estimate of drug-likeness (QED) is 0.677. The Hall–Kier alpha value is -2.52. The summed E-state index contributed by atoms with van der Waals surface area (Å²) in [4.78, 5) is 4.44. The topological polar surface area (TPSA) is 33.6 Å². The summed E-state index contributed by atoms with van der Waals surface area (Å²) in [6.07, 6.45) is 6.91. The van der Waals surface area contributed by atoms with Crippen LogP contribution in [0.15, 0.2) is 65.9 Å². The van der Waals surface area contributed by atoms with Crippen LogP contribution in [0, 0.1) is 0 Å². The standard InChI is InChI=1S/C23H25ClN2O/c1-16(22-15-20(24)9-11-23(22)27-3)12-13-25-17(2)26-21-10-8-18-6-4-5-7-19(18)14-21/h4-7,9,11-13,15,21,26H,2,8,10,14H2,1,3H3/b16-12+,25-13-. The molecule has 140 valence electrons. The number of allylic oxidation sites excluding steroid dienone is 2. The van der Waals surface area contributed by atoms with Crippen LogP contribution in [0.25, 0.3) is 5.57 Å². The van der Waals surface area contributed by atoms with Crippen molar-refractivity contribution in [2.75, 3.05) is 7.11 Å². The highest BCUT2D eigenvalue weighted by Gasteiger charge is 2.17. The number of halogens is 1. The van der Waals surface area contributed by atoms with Crippen molar-refractivity contribution in [3.8, 4) is 5.75 Å². The van der Waals surface area contributed by atoms with Gasteiger partial charge < -0.3 is 10.1 Å². The van der Waals surface area contributed by atoms with Crippen molar-refractivity contribution in [3.63, 3.8) is 0 Å². The highest BCUT2D eigenvalue weighted by Crippen LogP contribution is 2.28. The molecule has 0 fully saturated rings. The highest BCUT2D eigenvalue weighted by molar-refractivity contribution is 6.30. The number of ether oxygens (including phenoxy) is 1. The molecule has 2 aromatic carbocycles. The van der Waals surface area contributed by atoms with Crippen molar-refractivity contribution in [2.24, 2.45) is 4.99 Å². The van der Waals surface area contributed by atoms with Gasteiger partial charge >= 0.3 is 0 Å². The minimum Gasteiger partial charge on any atom is -0.496 e. The number of aliphatic imine (C=N–C) groups is 1. The molecule has 1 atom stereocenters. The van der Waals surface area contributed by atoms with E-state index in [9.17, 15) is 0 Å². The van der Waals surface area contributed by atoms with E-state index < -0.39 is 0 Å². The van der Waals surface area contributed by atoms with Gasteiger partial charge in [-0.2, -0.15) is 0 Å². The third kappa shape index (κ3) is 5.01. The maximum atomic E-state index is 6.11. The van der Waals surface area contributed by atoms with E-state index in [0.717, 1.165) is 36.1 Å². The zero-order chi connectivity index (χ0) is 19.2. The lowest BCUT2D eigenvalue weighted by Crippen LogP contribution is -2.33. The summed E-state index contributed by atoms with van der Waals surface area (Å²) in [6, 6.07) is 14.6.